The van der Waals surface area contributed by atoms with Crippen LogP contribution in [-0.2, 0) is 16.0 Å². The Bertz CT molecular complexity index is 1140. The van der Waals surface area contributed by atoms with Crippen LogP contribution >= 0.6 is 11.6 Å². The number of aromatic amines is 1. The van der Waals surface area contributed by atoms with Crippen molar-refractivity contribution in [1.29, 1.82) is 0 Å². The summed E-state index contributed by atoms with van der Waals surface area (Å²) in [4.78, 5) is 30.5. The number of ether oxygens (including phenoxy) is 2. The lowest BCUT2D eigenvalue weighted by Crippen LogP contribution is -2.37. The van der Waals surface area contributed by atoms with Gasteiger partial charge in [0.2, 0.25) is 11.8 Å². The highest BCUT2D eigenvalue weighted by molar-refractivity contribution is 6.33. The van der Waals surface area contributed by atoms with Gasteiger partial charge in [0.15, 0.2) is 0 Å². The predicted octanol–water partition coefficient (Wildman–Crippen LogP) is 4.19. The maximum Gasteiger partial charge on any atom is 0.340 e. The Kier molecular flexibility index (Phi) is 7.88. The summed E-state index contributed by atoms with van der Waals surface area (Å²) in [6.07, 6.45) is 0. The number of nitrogens with zero attached hydrogens (tertiary/aromatic N) is 3. The Hall–Kier alpha value is -3.17. The number of hydrogen-bond acceptors (Lipinski definition) is 7. The van der Waals surface area contributed by atoms with Crippen molar-refractivity contribution >= 4 is 23.5 Å². The van der Waals surface area contributed by atoms with Gasteiger partial charge in [0.1, 0.15) is 12.3 Å². The van der Waals surface area contributed by atoms with Gasteiger partial charge in [0.05, 0.1) is 29.3 Å². The molecule has 0 bridgehead atoms. The Morgan fingerprint density at radius 3 is 2.58 bits per heavy atom. The first-order valence-electron chi connectivity index (χ1n) is 10.5. The number of H-pyrrole nitrogens is 1. The van der Waals surface area contributed by atoms with E-state index in [9.17, 15) is 9.59 Å². The number of benzene rings is 1. The maximum absolute atomic E-state index is 13.4. The fourth-order valence-electron chi connectivity index (χ4n) is 3.40. The minimum absolute atomic E-state index is 0.0963. The van der Waals surface area contributed by atoms with Gasteiger partial charge in [-0.1, -0.05) is 23.7 Å². The minimum Gasteiger partial charge on any atom is -0.460 e. The molecule has 176 valence electrons. The maximum atomic E-state index is 13.4. The summed E-state index contributed by atoms with van der Waals surface area (Å²) >= 11 is 6.21. The van der Waals surface area contributed by atoms with E-state index in [-0.39, 0.29) is 36.9 Å². The molecule has 0 fully saturated rings. The second-order valence-electron chi connectivity index (χ2n) is 7.76. The van der Waals surface area contributed by atoms with Crippen LogP contribution in [0, 0.1) is 13.8 Å². The van der Waals surface area contributed by atoms with Gasteiger partial charge in [-0.2, -0.15) is 0 Å². The lowest BCUT2D eigenvalue weighted by atomic mass is 10.1. The van der Waals surface area contributed by atoms with Crippen molar-refractivity contribution < 1.29 is 23.5 Å². The number of methoxy groups -OCH3 is 1. The second kappa shape index (κ2) is 10.6. The van der Waals surface area contributed by atoms with Gasteiger partial charge in [0, 0.05) is 18.8 Å². The van der Waals surface area contributed by atoms with Crippen molar-refractivity contribution in [3.63, 3.8) is 0 Å². The zero-order valence-electron chi connectivity index (χ0n) is 19.3. The lowest BCUT2D eigenvalue weighted by Gasteiger charge is -2.25. The van der Waals surface area contributed by atoms with Crippen molar-refractivity contribution in [3.05, 3.63) is 57.7 Å². The van der Waals surface area contributed by atoms with Crippen LogP contribution in [0.25, 0.3) is 11.5 Å². The van der Waals surface area contributed by atoms with Crippen molar-refractivity contribution in [2.75, 3.05) is 20.3 Å². The number of rotatable bonds is 9. The van der Waals surface area contributed by atoms with Crippen LogP contribution in [0.15, 0.2) is 28.7 Å². The van der Waals surface area contributed by atoms with Crippen molar-refractivity contribution in [2.45, 2.75) is 40.3 Å². The summed E-state index contributed by atoms with van der Waals surface area (Å²) < 4.78 is 15.9. The van der Waals surface area contributed by atoms with Crippen molar-refractivity contribution in [3.8, 4) is 11.5 Å². The van der Waals surface area contributed by atoms with E-state index in [1.54, 1.807) is 30.9 Å². The molecule has 0 aliphatic carbocycles. The molecule has 0 unspecified atom stereocenters. The van der Waals surface area contributed by atoms with Crippen LogP contribution in [-0.4, -0.2) is 58.3 Å². The van der Waals surface area contributed by atoms with Gasteiger partial charge in [-0.05, 0) is 45.4 Å². The average Bonchev–Trinajstić information content (AvgIpc) is 3.35. The number of carbonyl (C=O) groups excluding carboxylic acids is 2. The molecular formula is C23H27ClN4O5. The Balaban J connectivity index is 1.82. The molecule has 3 rings (SSSR count). The summed E-state index contributed by atoms with van der Waals surface area (Å²) in [6.45, 7) is 7.73. The van der Waals surface area contributed by atoms with Crippen molar-refractivity contribution in [1.82, 2.24) is 20.1 Å². The highest BCUT2D eigenvalue weighted by atomic mass is 35.5. The first kappa shape index (κ1) is 24.5. The fourth-order valence-corrected chi connectivity index (χ4v) is 3.62. The molecule has 1 N–H and O–H groups in total. The average molecular weight is 475 g/mol. The number of amides is 1. The smallest absolute Gasteiger partial charge is 0.340 e. The van der Waals surface area contributed by atoms with Crippen LogP contribution in [0.1, 0.15) is 51.8 Å². The van der Waals surface area contributed by atoms with E-state index < -0.39 is 5.97 Å². The summed E-state index contributed by atoms with van der Waals surface area (Å²) in [5.41, 5.74) is 2.35. The van der Waals surface area contributed by atoms with E-state index >= 15 is 0 Å². The summed E-state index contributed by atoms with van der Waals surface area (Å²) in [5, 5.41) is 8.64. The normalized spacial score (nSPS) is 11.1. The third-order valence-corrected chi connectivity index (χ3v) is 5.47. The Morgan fingerprint density at radius 2 is 1.91 bits per heavy atom. The fraction of sp³-hybridized carbons (Fsp3) is 0.391. The number of nitrogens with one attached hydrogen (secondary N) is 1. The quantitative estimate of drug-likeness (QED) is 0.365. The number of aromatic nitrogens is 3. The first-order valence-corrected chi connectivity index (χ1v) is 10.9. The van der Waals surface area contributed by atoms with Gasteiger partial charge in [-0.3, -0.25) is 4.79 Å². The molecule has 1 aromatic carbocycles. The Labute approximate surface area is 197 Å². The molecular weight excluding hydrogens is 448 g/mol. The van der Waals surface area contributed by atoms with Crippen LogP contribution < -0.4 is 0 Å². The number of esters is 1. The number of carbonyl (C=O) groups is 2. The molecule has 0 radical (unpaired) electrons. The molecule has 2 heterocycles. The summed E-state index contributed by atoms with van der Waals surface area (Å²) in [7, 11) is 1.53. The third-order valence-electron chi connectivity index (χ3n) is 5.14. The van der Waals surface area contributed by atoms with E-state index in [0.717, 1.165) is 0 Å². The number of aryl methyl sites for hydroxylation is 1. The SMILES string of the molecule is COCCOC(=O)c1c(C)[nH]c(C(=O)N(Cc2nnc(-c3ccccc3Cl)o2)C(C)C)c1C. The van der Waals surface area contributed by atoms with E-state index in [2.05, 4.69) is 15.2 Å². The van der Waals surface area contributed by atoms with Gasteiger partial charge in [-0.25, -0.2) is 4.79 Å². The molecule has 2 aromatic heterocycles. The zero-order valence-corrected chi connectivity index (χ0v) is 20.0. The van der Waals surface area contributed by atoms with Crippen LogP contribution in [0.2, 0.25) is 5.02 Å². The minimum atomic E-state index is -0.505. The molecule has 0 saturated carbocycles. The molecule has 9 nitrogen and oxygen atoms in total. The van der Waals surface area contributed by atoms with Gasteiger partial charge in [0.25, 0.3) is 5.91 Å². The Morgan fingerprint density at radius 1 is 1.18 bits per heavy atom. The summed E-state index contributed by atoms with van der Waals surface area (Å²) in [5.74, 6) is -0.249. The topological polar surface area (TPSA) is 111 Å². The van der Waals surface area contributed by atoms with E-state index in [4.69, 9.17) is 25.5 Å². The van der Waals surface area contributed by atoms with Crippen molar-refractivity contribution in [2.24, 2.45) is 0 Å². The molecule has 0 aliphatic rings. The summed E-state index contributed by atoms with van der Waals surface area (Å²) in [6, 6.07) is 6.98. The van der Waals surface area contributed by atoms with Gasteiger partial charge < -0.3 is 23.8 Å². The third kappa shape index (κ3) is 5.43. The highest BCUT2D eigenvalue weighted by Crippen LogP contribution is 2.27. The molecule has 0 aliphatic heterocycles. The van der Waals surface area contributed by atoms with Gasteiger partial charge >= 0.3 is 5.97 Å². The van der Waals surface area contributed by atoms with Crippen LogP contribution in [0.4, 0.5) is 0 Å². The van der Waals surface area contributed by atoms with E-state index in [1.807, 2.05) is 26.0 Å². The molecule has 3 aromatic rings. The van der Waals surface area contributed by atoms with Gasteiger partial charge in [-0.15, -0.1) is 10.2 Å². The first-order chi connectivity index (χ1) is 15.7. The standard InChI is InChI=1S/C23H27ClN4O5/c1-13(2)28(12-18-26-27-21(33-18)16-8-6-7-9-17(16)24)22(29)20-14(3)19(15(4)25-20)23(30)32-11-10-31-5/h6-9,13,25H,10-12H2,1-5H3. The van der Waals surface area contributed by atoms with Crippen LogP contribution in [0.5, 0.6) is 0 Å². The molecule has 0 spiro atoms. The van der Waals surface area contributed by atoms with E-state index in [1.165, 1.54) is 7.11 Å². The number of hydrogen-bond donors (Lipinski definition) is 1. The second-order valence-corrected chi connectivity index (χ2v) is 8.17. The largest absolute Gasteiger partial charge is 0.460 e. The molecule has 33 heavy (non-hydrogen) atoms. The molecule has 10 heteroatoms. The van der Waals surface area contributed by atoms with Crippen LogP contribution in [0.3, 0.4) is 0 Å². The monoisotopic (exact) mass is 474 g/mol. The molecule has 0 saturated heterocycles. The predicted molar refractivity (Wildman–Crippen MR) is 122 cm³/mol. The number of halogens is 1. The van der Waals surface area contributed by atoms with E-state index in [0.29, 0.717) is 39.7 Å². The highest BCUT2D eigenvalue weighted by Gasteiger charge is 2.28. The molecule has 0 atom stereocenters. The lowest BCUT2D eigenvalue weighted by molar-refractivity contribution is 0.0386. The zero-order chi connectivity index (χ0) is 24.1. The molecule has 1 amide bonds.